The largest absolute Gasteiger partial charge is 0.465 e. The summed E-state index contributed by atoms with van der Waals surface area (Å²) < 4.78 is 5.06. The van der Waals surface area contributed by atoms with Gasteiger partial charge in [-0.05, 0) is 54.0 Å². The van der Waals surface area contributed by atoms with Crippen LogP contribution in [0.4, 0.5) is 5.00 Å². The number of rotatable bonds is 7. The summed E-state index contributed by atoms with van der Waals surface area (Å²) in [6.45, 7) is 2.13. The van der Waals surface area contributed by atoms with Gasteiger partial charge in [-0.3, -0.25) is 4.79 Å². The molecule has 0 unspecified atom stereocenters. The average Bonchev–Trinajstić information content (AvgIpc) is 3.28. The Balaban J connectivity index is 1.57. The highest BCUT2D eigenvalue weighted by Gasteiger charge is 2.23. The van der Waals surface area contributed by atoms with Crippen molar-refractivity contribution >= 4 is 28.2 Å². The molecule has 172 valence electrons. The first-order valence-corrected chi connectivity index (χ1v) is 12.7. The average molecular weight is 462 g/mol. The molecule has 1 aliphatic carbocycles. The number of carbonyl (C=O) groups excluding carboxylic acids is 2. The first-order valence-electron chi connectivity index (χ1n) is 11.8. The Morgan fingerprint density at radius 3 is 2.33 bits per heavy atom. The molecule has 4 nitrogen and oxygen atoms in total. The molecule has 0 atom stereocenters. The normalized spacial score (nSPS) is 14.1. The molecule has 1 N–H and O–H groups in total. The molecule has 1 aliphatic rings. The van der Waals surface area contributed by atoms with Crippen LogP contribution in [0.5, 0.6) is 0 Å². The first-order chi connectivity index (χ1) is 16.1. The second kappa shape index (κ2) is 10.8. The summed E-state index contributed by atoms with van der Waals surface area (Å²) in [4.78, 5) is 25.5. The molecule has 33 heavy (non-hydrogen) atoms. The van der Waals surface area contributed by atoms with Gasteiger partial charge in [0.05, 0.1) is 7.11 Å². The molecule has 5 heteroatoms. The van der Waals surface area contributed by atoms with Crippen LogP contribution in [0.2, 0.25) is 0 Å². The van der Waals surface area contributed by atoms with Gasteiger partial charge in [-0.2, -0.15) is 0 Å². The molecule has 1 aromatic heterocycles. The minimum absolute atomic E-state index is 0.232. The summed E-state index contributed by atoms with van der Waals surface area (Å²) in [6, 6.07) is 16.1. The van der Waals surface area contributed by atoms with Gasteiger partial charge in [0.15, 0.2) is 0 Å². The van der Waals surface area contributed by atoms with Gasteiger partial charge in [-0.1, -0.05) is 69.0 Å². The lowest BCUT2D eigenvalue weighted by Crippen LogP contribution is -2.14. The summed E-state index contributed by atoms with van der Waals surface area (Å²) in [5.41, 5.74) is 5.29. The lowest BCUT2D eigenvalue weighted by atomic mass is 9.83. The van der Waals surface area contributed by atoms with Crippen LogP contribution in [0.3, 0.4) is 0 Å². The van der Waals surface area contributed by atoms with Gasteiger partial charge in [0, 0.05) is 16.5 Å². The fraction of sp³-hybridized carbons (Fsp3) is 0.357. The molecular formula is C28H31NO3S. The Kier molecular flexibility index (Phi) is 7.61. The summed E-state index contributed by atoms with van der Waals surface area (Å²) in [5.74, 6) is -0.0469. The smallest absolute Gasteiger partial charge is 0.341 e. The number of amides is 1. The van der Waals surface area contributed by atoms with E-state index in [9.17, 15) is 9.59 Å². The third kappa shape index (κ3) is 5.36. The molecule has 0 saturated heterocycles. The summed E-state index contributed by atoms with van der Waals surface area (Å²) in [5, 5.41) is 5.35. The third-order valence-corrected chi connectivity index (χ3v) is 7.36. The van der Waals surface area contributed by atoms with E-state index < -0.39 is 5.97 Å². The molecule has 2 aromatic carbocycles. The van der Waals surface area contributed by atoms with Crippen molar-refractivity contribution in [1.82, 2.24) is 0 Å². The lowest BCUT2D eigenvalue weighted by molar-refractivity contribution is 0.0603. The van der Waals surface area contributed by atoms with Crippen molar-refractivity contribution in [2.24, 2.45) is 0 Å². The van der Waals surface area contributed by atoms with E-state index in [2.05, 4.69) is 36.5 Å². The molecular weight excluding hydrogens is 430 g/mol. The highest BCUT2D eigenvalue weighted by atomic mass is 32.1. The number of esters is 1. The molecule has 0 aliphatic heterocycles. The predicted molar refractivity (Wildman–Crippen MR) is 135 cm³/mol. The molecule has 1 amide bonds. The first kappa shape index (κ1) is 23.2. The van der Waals surface area contributed by atoms with Gasteiger partial charge in [0.25, 0.3) is 5.91 Å². The molecule has 4 rings (SSSR count). The summed E-state index contributed by atoms with van der Waals surface area (Å²) >= 11 is 1.35. The maximum absolute atomic E-state index is 12.9. The van der Waals surface area contributed by atoms with Crippen LogP contribution in [0.1, 0.15) is 83.2 Å². The van der Waals surface area contributed by atoms with Crippen molar-refractivity contribution in [3.8, 4) is 11.1 Å². The van der Waals surface area contributed by atoms with Crippen LogP contribution in [0.15, 0.2) is 53.9 Å². The number of nitrogens with one attached hydrogen (secondary N) is 1. The number of hydrogen-bond acceptors (Lipinski definition) is 4. The van der Waals surface area contributed by atoms with E-state index in [-0.39, 0.29) is 5.91 Å². The van der Waals surface area contributed by atoms with Crippen molar-refractivity contribution in [2.45, 2.75) is 57.8 Å². The van der Waals surface area contributed by atoms with Crippen molar-refractivity contribution in [3.05, 3.63) is 76.2 Å². The van der Waals surface area contributed by atoms with Gasteiger partial charge in [0.1, 0.15) is 10.6 Å². The van der Waals surface area contributed by atoms with E-state index in [0.717, 1.165) is 24.0 Å². The Bertz CT molecular complexity index is 1090. The zero-order valence-corrected chi connectivity index (χ0v) is 20.2. The minimum Gasteiger partial charge on any atom is -0.465 e. The van der Waals surface area contributed by atoms with Gasteiger partial charge in [0.2, 0.25) is 0 Å². The standard InChI is InChI=1S/C28H31NO3S/c1-3-7-19-10-12-23(13-11-19)26(30)29-27-25(28(31)32-2)24(18-33-27)22-16-14-21(15-17-22)20-8-5-4-6-9-20/h10-18,20H,3-9H2,1-2H3,(H,29,30). The van der Waals surface area contributed by atoms with Crippen LogP contribution in [0.25, 0.3) is 11.1 Å². The van der Waals surface area contributed by atoms with E-state index in [1.165, 1.54) is 61.7 Å². The second-order valence-electron chi connectivity index (χ2n) is 8.70. The number of methoxy groups -OCH3 is 1. The van der Waals surface area contributed by atoms with Crippen molar-refractivity contribution in [3.63, 3.8) is 0 Å². The number of hydrogen-bond donors (Lipinski definition) is 1. The number of anilines is 1. The molecule has 1 saturated carbocycles. The van der Waals surface area contributed by atoms with E-state index in [1.807, 2.05) is 29.6 Å². The van der Waals surface area contributed by atoms with Crippen LogP contribution in [-0.2, 0) is 11.2 Å². The predicted octanol–water partition coefficient (Wildman–Crippen LogP) is 7.45. The van der Waals surface area contributed by atoms with Crippen LogP contribution in [-0.4, -0.2) is 19.0 Å². The monoisotopic (exact) mass is 461 g/mol. The molecule has 3 aromatic rings. The Labute approximate surface area is 200 Å². The molecule has 0 spiro atoms. The van der Waals surface area contributed by atoms with Gasteiger partial charge in [-0.15, -0.1) is 11.3 Å². The summed E-state index contributed by atoms with van der Waals surface area (Å²) in [6.07, 6.45) is 8.49. The molecule has 1 fully saturated rings. The molecule has 1 heterocycles. The second-order valence-corrected chi connectivity index (χ2v) is 9.58. The zero-order chi connectivity index (χ0) is 23.2. The van der Waals surface area contributed by atoms with Gasteiger partial charge >= 0.3 is 5.97 Å². The highest BCUT2D eigenvalue weighted by Crippen LogP contribution is 2.38. The number of benzene rings is 2. The van der Waals surface area contributed by atoms with Crippen LogP contribution in [0, 0.1) is 0 Å². The Hall–Kier alpha value is -2.92. The fourth-order valence-corrected chi connectivity index (χ4v) is 5.58. The van der Waals surface area contributed by atoms with E-state index in [0.29, 0.717) is 22.0 Å². The van der Waals surface area contributed by atoms with Crippen molar-refractivity contribution in [2.75, 3.05) is 12.4 Å². The maximum atomic E-state index is 12.9. The van der Waals surface area contributed by atoms with E-state index in [1.54, 1.807) is 0 Å². The zero-order valence-electron chi connectivity index (χ0n) is 19.4. The SMILES string of the molecule is CCCc1ccc(C(=O)Nc2scc(-c3ccc(C4CCCCC4)cc3)c2C(=O)OC)cc1. The fourth-order valence-electron chi connectivity index (χ4n) is 4.62. The third-order valence-electron chi connectivity index (χ3n) is 6.46. The number of carbonyl (C=O) groups is 2. The highest BCUT2D eigenvalue weighted by molar-refractivity contribution is 7.15. The molecule has 0 bridgehead atoms. The van der Waals surface area contributed by atoms with E-state index in [4.69, 9.17) is 4.74 Å². The summed E-state index contributed by atoms with van der Waals surface area (Å²) in [7, 11) is 1.37. The molecule has 0 radical (unpaired) electrons. The topological polar surface area (TPSA) is 55.4 Å². The van der Waals surface area contributed by atoms with Crippen LogP contribution < -0.4 is 5.32 Å². The van der Waals surface area contributed by atoms with Crippen molar-refractivity contribution in [1.29, 1.82) is 0 Å². The number of aryl methyl sites for hydroxylation is 1. The number of ether oxygens (including phenoxy) is 1. The Morgan fingerprint density at radius 1 is 1.00 bits per heavy atom. The van der Waals surface area contributed by atoms with E-state index >= 15 is 0 Å². The number of thiophene rings is 1. The lowest BCUT2D eigenvalue weighted by Gasteiger charge is -2.22. The van der Waals surface area contributed by atoms with Gasteiger partial charge < -0.3 is 10.1 Å². The quantitative estimate of drug-likeness (QED) is 0.372. The minimum atomic E-state index is -0.448. The van der Waals surface area contributed by atoms with Crippen LogP contribution >= 0.6 is 11.3 Å². The Morgan fingerprint density at radius 2 is 1.70 bits per heavy atom. The maximum Gasteiger partial charge on any atom is 0.341 e. The van der Waals surface area contributed by atoms with Gasteiger partial charge in [-0.25, -0.2) is 4.79 Å². The van der Waals surface area contributed by atoms with Crippen molar-refractivity contribution < 1.29 is 14.3 Å².